The number of ether oxygens (including phenoxy) is 2. The molecule has 9 heteroatoms. The van der Waals surface area contributed by atoms with E-state index in [2.05, 4.69) is 0 Å². The van der Waals surface area contributed by atoms with Crippen molar-refractivity contribution in [1.29, 1.82) is 0 Å². The maximum absolute atomic E-state index is 13.1. The minimum absolute atomic E-state index is 0.194. The van der Waals surface area contributed by atoms with E-state index >= 15 is 0 Å². The topological polar surface area (TPSA) is 89.3 Å². The van der Waals surface area contributed by atoms with Crippen molar-refractivity contribution in [2.24, 2.45) is 0 Å². The van der Waals surface area contributed by atoms with Gasteiger partial charge < -0.3 is 18.8 Å². The van der Waals surface area contributed by atoms with Crippen molar-refractivity contribution in [1.82, 2.24) is 9.21 Å². The molecule has 3 saturated heterocycles. The molecule has 1 aromatic heterocycles. The summed E-state index contributed by atoms with van der Waals surface area (Å²) in [6, 6.07) is 6.47. The molecule has 5 rings (SSSR count). The Balaban J connectivity index is 1.34. The van der Waals surface area contributed by atoms with Crippen LogP contribution in [-0.4, -0.2) is 68.7 Å². The van der Waals surface area contributed by atoms with E-state index in [0.717, 1.165) is 25.7 Å². The van der Waals surface area contributed by atoms with Crippen molar-refractivity contribution in [3.05, 3.63) is 30.0 Å². The zero-order valence-electron chi connectivity index (χ0n) is 17.5. The Morgan fingerprint density at radius 2 is 1.58 bits per heavy atom. The van der Waals surface area contributed by atoms with Crippen molar-refractivity contribution in [2.45, 2.75) is 49.2 Å². The van der Waals surface area contributed by atoms with Gasteiger partial charge in [0.25, 0.3) is 5.91 Å². The van der Waals surface area contributed by atoms with Gasteiger partial charge in [-0.05, 0) is 37.1 Å². The average molecular weight is 449 g/mol. The van der Waals surface area contributed by atoms with Crippen LogP contribution in [0, 0.1) is 0 Å². The van der Waals surface area contributed by atoms with Crippen LogP contribution in [0.15, 0.2) is 33.6 Å². The SMILES string of the molecule is O=C(c1cc2cc(S(=O)(=O)N3CCCCCC3)ccc2o1)N1CCC2(CC1)OCCO2. The lowest BCUT2D eigenvalue weighted by Gasteiger charge is -2.37. The van der Waals surface area contributed by atoms with Crippen molar-refractivity contribution in [2.75, 3.05) is 39.4 Å². The van der Waals surface area contributed by atoms with Crippen LogP contribution in [0.2, 0.25) is 0 Å². The summed E-state index contributed by atoms with van der Waals surface area (Å²) in [7, 11) is -3.55. The van der Waals surface area contributed by atoms with Gasteiger partial charge in [0.05, 0.1) is 18.1 Å². The third kappa shape index (κ3) is 4.00. The molecule has 3 aliphatic heterocycles. The first kappa shape index (κ1) is 20.9. The number of furan rings is 1. The van der Waals surface area contributed by atoms with Crippen molar-refractivity contribution >= 4 is 26.9 Å². The molecule has 2 aromatic rings. The fourth-order valence-corrected chi connectivity index (χ4v) is 6.26. The molecular formula is C22H28N2O6S. The number of rotatable bonds is 3. The summed E-state index contributed by atoms with van der Waals surface area (Å²) in [4.78, 5) is 15.0. The summed E-state index contributed by atoms with van der Waals surface area (Å²) in [5.41, 5.74) is 0.508. The number of fused-ring (bicyclic) bond motifs is 1. The lowest BCUT2D eigenvalue weighted by molar-refractivity contribution is -0.181. The van der Waals surface area contributed by atoms with Gasteiger partial charge in [0.2, 0.25) is 10.0 Å². The zero-order valence-corrected chi connectivity index (χ0v) is 18.4. The number of piperidine rings is 1. The van der Waals surface area contributed by atoms with E-state index in [1.165, 1.54) is 0 Å². The molecule has 8 nitrogen and oxygen atoms in total. The quantitative estimate of drug-likeness (QED) is 0.717. The number of carbonyl (C=O) groups is 1. The van der Waals surface area contributed by atoms with Crippen LogP contribution in [0.3, 0.4) is 0 Å². The highest BCUT2D eigenvalue weighted by molar-refractivity contribution is 7.89. The van der Waals surface area contributed by atoms with E-state index in [4.69, 9.17) is 13.9 Å². The Morgan fingerprint density at radius 1 is 0.903 bits per heavy atom. The highest BCUT2D eigenvalue weighted by Gasteiger charge is 2.41. The molecule has 1 spiro atoms. The molecule has 0 bridgehead atoms. The lowest BCUT2D eigenvalue weighted by atomic mass is 10.0. The van der Waals surface area contributed by atoms with Crippen molar-refractivity contribution < 1.29 is 27.1 Å². The van der Waals surface area contributed by atoms with E-state index in [9.17, 15) is 13.2 Å². The second-order valence-corrected chi connectivity index (χ2v) is 10.5. The molecule has 0 unspecified atom stereocenters. The Kier molecular flexibility index (Phi) is 5.54. The second kappa shape index (κ2) is 8.20. The minimum atomic E-state index is -3.55. The van der Waals surface area contributed by atoms with E-state index in [-0.39, 0.29) is 16.6 Å². The van der Waals surface area contributed by atoms with Crippen LogP contribution in [0.1, 0.15) is 49.1 Å². The number of hydrogen-bond donors (Lipinski definition) is 0. The van der Waals surface area contributed by atoms with Gasteiger partial charge in [-0.3, -0.25) is 4.79 Å². The van der Waals surface area contributed by atoms with E-state index < -0.39 is 15.8 Å². The number of hydrogen-bond acceptors (Lipinski definition) is 6. The molecule has 0 saturated carbocycles. The number of carbonyl (C=O) groups excluding carboxylic acids is 1. The molecule has 0 N–H and O–H groups in total. The summed E-state index contributed by atoms with van der Waals surface area (Å²) in [6.45, 7) is 3.37. The Bertz CT molecular complexity index is 1050. The predicted molar refractivity (Wildman–Crippen MR) is 113 cm³/mol. The number of sulfonamides is 1. The van der Waals surface area contributed by atoms with Crippen LogP contribution >= 0.6 is 0 Å². The van der Waals surface area contributed by atoms with Crippen LogP contribution < -0.4 is 0 Å². The fraction of sp³-hybridized carbons (Fsp3) is 0.591. The maximum Gasteiger partial charge on any atom is 0.289 e. The van der Waals surface area contributed by atoms with E-state index in [1.54, 1.807) is 33.5 Å². The number of benzene rings is 1. The number of likely N-dealkylation sites (tertiary alicyclic amines) is 1. The van der Waals surface area contributed by atoms with Crippen LogP contribution in [0.5, 0.6) is 0 Å². The van der Waals surface area contributed by atoms with Gasteiger partial charge in [0.1, 0.15) is 5.58 Å². The van der Waals surface area contributed by atoms with Crippen LogP contribution in [0.25, 0.3) is 11.0 Å². The summed E-state index contributed by atoms with van der Waals surface area (Å²) in [5.74, 6) is -0.508. The highest BCUT2D eigenvalue weighted by atomic mass is 32.2. The second-order valence-electron chi connectivity index (χ2n) is 8.53. The standard InChI is InChI=1S/C22H28N2O6S/c25-21(23-11-7-22(8-12-23)28-13-14-29-22)20-16-17-15-18(5-6-19(17)30-20)31(26,27)24-9-3-1-2-4-10-24/h5-6,15-16H,1-4,7-14H2. The summed E-state index contributed by atoms with van der Waals surface area (Å²) < 4.78 is 45.0. The summed E-state index contributed by atoms with van der Waals surface area (Å²) in [5, 5.41) is 0.621. The van der Waals surface area contributed by atoms with E-state index in [0.29, 0.717) is 63.2 Å². The third-order valence-corrected chi connectivity index (χ3v) is 8.42. The summed E-state index contributed by atoms with van der Waals surface area (Å²) in [6.07, 6.45) is 5.18. The minimum Gasteiger partial charge on any atom is -0.451 e. The molecule has 3 aliphatic rings. The van der Waals surface area contributed by atoms with Gasteiger partial charge in [-0.15, -0.1) is 0 Å². The van der Waals surface area contributed by atoms with Gasteiger partial charge in [0, 0.05) is 44.4 Å². The van der Waals surface area contributed by atoms with Gasteiger partial charge >= 0.3 is 0 Å². The van der Waals surface area contributed by atoms with Gasteiger partial charge in [-0.1, -0.05) is 12.8 Å². The molecule has 4 heterocycles. The highest BCUT2D eigenvalue weighted by Crippen LogP contribution is 2.32. The Hall–Kier alpha value is -1.94. The van der Waals surface area contributed by atoms with Crippen molar-refractivity contribution in [3.63, 3.8) is 0 Å². The molecule has 0 atom stereocenters. The molecule has 1 amide bonds. The smallest absolute Gasteiger partial charge is 0.289 e. The maximum atomic E-state index is 13.1. The summed E-state index contributed by atoms with van der Waals surface area (Å²) >= 11 is 0. The number of nitrogens with zero attached hydrogens (tertiary/aromatic N) is 2. The molecule has 1 aromatic carbocycles. The van der Waals surface area contributed by atoms with Crippen molar-refractivity contribution in [3.8, 4) is 0 Å². The third-order valence-electron chi connectivity index (χ3n) is 6.53. The van der Waals surface area contributed by atoms with Gasteiger partial charge in [0.15, 0.2) is 11.5 Å². The van der Waals surface area contributed by atoms with Crippen LogP contribution in [0.4, 0.5) is 0 Å². The average Bonchev–Trinajstić information content (AvgIpc) is 3.31. The monoisotopic (exact) mass is 448 g/mol. The first-order valence-corrected chi connectivity index (χ1v) is 12.5. The first-order chi connectivity index (χ1) is 15.0. The largest absolute Gasteiger partial charge is 0.451 e. The molecule has 3 fully saturated rings. The zero-order chi connectivity index (χ0) is 21.5. The van der Waals surface area contributed by atoms with Gasteiger partial charge in [-0.2, -0.15) is 4.31 Å². The van der Waals surface area contributed by atoms with Crippen LogP contribution in [-0.2, 0) is 19.5 Å². The molecule has 168 valence electrons. The predicted octanol–water partition coefficient (Wildman–Crippen LogP) is 2.98. The number of amides is 1. The van der Waals surface area contributed by atoms with Gasteiger partial charge in [-0.25, -0.2) is 8.42 Å². The Labute approximate surface area is 182 Å². The molecule has 0 aliphatic carbocycles. The lowest BCUT2D eigenvalue weighted by Crippen LogP contribution is -2.47. The first-order valence-electron chi connectivity index (χ1n) is 11.1. The molecule has 0 radical (unpaired) electrons. The molecule has 31 heavy (non-hydrogen) atoms. The molecular weight excluding hydrogens is 420 g/mol. The van der Waals surface area contributed by atoms with E-state index in [1.807, 2.05) is 0 Å². The normalized spacial score (nSPS) is 22.8. The Morgan fingerprint density at radius 3 is 2.26 bits per heavy atom. The fourth-order valence-electron chi connectivity index (χ4n) is 4.71.